The van der Waals surface area contributed by atoms with Crippen LogP contribution in [0.15, 0.2) is 35.5 Å². The Morgan fingerprint density at radius 1 is 1.44 bits per heavy atom. The summed E-state index contributed by atoms with van der Waals surface area (Å²) in [5.74, 6) is -1.75. The van der Waals surface area contributed by atoms with Crippen molar-refractivity contribution in [2.45, 2.75) is 37.5 Å². The molecule has 0 saturated heterocycles. The quantitative estimate of drug-likeness (QED) is 0.832. The van der Waals surface area contributed by atoms with Crippen LogP contribution in [-0.2, 0) is 19.5 Å². The second-order valence-corrected chi connectivity index (χ2v) is 8.64. The molecule has 0 radical (unpaired) electrons. The van der Waals surface area contributed by atoms with Gasteiger partial charge in [0, 0.05) is 24.7 Å². The monoisotopic (exact) mass is 369 g/mol. The maximum Gasteiger partial charge on any atom is 0.324 e. The molecular formula is C17H20FNO5S. The predicted octanol–water partition coefficient (Wildman–Crippen LogP) is 2.79. The van der Waals surface area contributed by atoms with Crippen molar-refractivity contribution in [1.29, 1.82) is 0 Å². The molecule has 1 aromatic rings. The van der Waals surface area contributed by atoms with E-state index in [9.17, 15) is 22.7 Å². The number of oxime groups is 1. The standard InChI is InChI=1S/C17H20FNO5S/c1-4-14(18)11-5-7-12(8-6-11)15-9-13(24-19-15)10-17(2,16(20)21)25(3,22)23/h4-8,13H,9-10H2,1-3H3,(H,20,21)/t13-,17-/m1/s1. The van der Waals surface area contributed by atoms with E-state index in [1.54, 1.807) is 31.2 Å². The molecule has 0 fully saturated rings. The molecular weight excluding hydrogens is 349 g/mol. The molecule has 1 heterocycles. The third kappa shape index (κ3) is 3.89. The molecule has 8 heteroatoms. The molecule has 2 rings (SSSR count). The summed E-state index contributed by atoms with van der Waals surface area (Å²) < 4.78 is 35.3. The zero-order valence-corrected chi connectivity index (χ0v) is 15.0. The summed E-state index contributed by atoms with van der Waals surface area (Å²) in [6.45, 7) is 2.77. The number of benzene rings is 1. The number of sulfone groups is 1. The van der Waals surface area contributed by atoms with Gasteiger partial charge in [-0.15, -0.1) is 0 Å². The SMILES string of the molecule is CC=C(F)c1ccc(C2=NO[C@@H](C[C@](C)(C(=O)O)S(C)(=O)=O)C2)cc1. The van der Waals surface area contributed by atoms with Crippen molar-refractivity contribution >= 4 is 27.3 Å². The predicted molar refractivity (Wildman–Crippen MR) is 92.7 cm³/mol. The minimum atomic E-state index is -3.83. The van der Waals surface area contributed by atoms with Gasteiger partial charge in [0.05, 0.1) is 5.71 Å². The average molecular weight is 369 g/mol. The average Bonchev–Trinajstić information content (AvgIpc) is 3.01. The van der Waals surface area contributed by atoms with Crippen molar-refractivity contribution in [1.82, 2.24) is 0 Å². The van der Waals surface area contributed by atoms with Crippen LogP contribution in [0.25, 0.3) is 5.83 Å². The molecule has 1 aromatic carbocycles. The van der Waals surface area contributed by atoms with Crippen LogP contribution < -0.4 is 0 Å². The normalized spacial score (nSPS) is 20.6. The summed E-state index contributed by atoms with van der Waals surface area (Å²) in [7, 11) is -3.83. The number of aliphatic carboxylic acids is 1. The van der Waals surface area contributed by atoms with Crippen LogP contribution >= 0.6 is 0 Å². The molecule has 0 aliphatic carbocycles. The van der Waals surface area contributed by atoms with Crippen LogP contribution in [0.2, 0.25) is 0 Å². The fourth-order valence-corrected chi connectivity index (χ4v) is 3.33. The number of halogens is 1. The Bertz CT molecular complexity index is 829. The van der Waals surface area contributed by atoms with Gasteiger partial charge in [-0.1, -0.05) is 35.5 Å². The van der Waals surface area contributed by atoms with Gasteiger partial charge >= 0.3 is 5.97 Å². The molecule has 136 valence electrons. The maximum atomic E-state index is 13.5. The van der Waals surface area contributed by atoms with Crippen LogP contribution in [0.5, 0.6) is 0 Å². The van der Waals surface area contributed by atoms with Gasteiger partial charge in [0.15, 0.2) is 14.6 Å². The first kappa shape index (κ1) is 19.1. The van der Waals surface area contributed by atoms with Crippen molar-refractivity contribution in [3.8, 4) is 0 Å². The second-order valence-electron chi connectivity index (χ2n) is 6.20. The Morgan fingerprint density at radius 2 is 2.04 bits per heavy atom. The van der Waals surface area contributed by atoms with Gasteiger partial charge in [0.2, 0.25) is 0 Å². The Balaban J connectivity index is 2.12. The smallest absolute Gasteiger partial charge is 0.324 e. The Morgan fingerprint density at radius 3 is 2.52 bits per heavy atom. The van der Waals surface area contributed by atoms with E-state index in [0.29, 0.717) is 16.8 Å². The maximum absolute atomic E-state index is 13.5. The van der Waals surface area contributed by atoms with Crippen molar-refractivity contribution < 1.29 is 27.5 Å². The highest BCUT2D eigenvalue weighted by Crippen LogP contribution is 2.29. The lowest BCUT2D eigenvalue weighted by atomic mass is 9.97. The molecule has 0 bridgehead atoms. The molecule has 0 amide bonds. The fraction of sp³-hybridized carbons (Fsp3) is 0.412. The Labute approximate surface area is 145 Å². The summed E-state index contributed by atoms with van der Waals surface area (Å²) in [5.41, 5.74) is 1.73. The molecule has 1 aliphatic heterocycles. The Kier molecular flexibility index (Phi) is 5.31. The lowest BCUT2D eigenvalue weighted by molar-refractivity contribution is -0.140. The molecule has 25 heavy (non-hydrogen) atoms. The molecule has 2 atom stereocenters. The van der Waals surface area contributed by atoms with Gasteiger partial charge in [0.1, 0.15) is 11.9 Å². The third-order valence-corrected chi connectivity index (χ3v) is 6.35. The van der Waals surface area contributed by atoms with Crippen LogP contribution in [0, 0.1) is 0 Å². The van der Waals surface area contributed by atoms with E-state index in [0.717, 1.165) is 6.26 Å². The molecule has 1 N–H and O–H groups in total. The zero-order valence-electron chi connectivity index (χ0n) is 14.2. The highest BCUT2D eigenvalue weighted by atomic mass is 32.2. The van der Waals surface area contributed by atoms with E-state index in [-0.39, 0.29) is 18.7 Å². The van der Waals surface area contributed by atoms with E-state index in [4.69, 9.17) is 4.84 Å². The summed E-state index contributed by atoms with van der Waals surface area (Å²) in [6.07, 6.45) is 1.67. The van der Waals surface area contributed by atoms with Crippen molar-refractivity contribution in [2.24, 2.45) is 5.16 Å². The van der Waals surface area contributed by atoms with Gasteiger partial charge in [-0.3, -0.25) is 4.79 Å². The molecule has 6 nitrogen and oxygen atoms in total. The van der Waals surface area contributed by atoms with E-state index >= 15 is 0 Å². The summed E-state index contributed by atoms with van der Waals surface area (Å²) in [5, 5.41) is 13.2. The van der Waals surface area contributed by atoms with Crippen LogP contribution in [0.1, 0.15) is 37.8 Å². The number of carboxylic acid groups (broad SMARTS) is 1. The number of hydrogen-bond donors (Lipinski definition) is 1. The number of hydrogen-bond acceptors (Lipinski definition) is 5. The number of rotatable bonds is 6. The lowest BCUT2D eigenvalue weighted by Gasteiger charge is -2.24. The van der Waals surface area contributed by atoms with Crippen molar-refractivity contribution in [3.05, 3.63) is 41.5 Å². The first-order valence-corrected chi connectivity index (χ1v) is 9.56. The van der Waals surface area contributed by atoms with Gasteiger partial charge in [-0.25, -0.2) is 12.8 Å². The van der Waals surface area contributed by atoms with E-state index in [2.05, 4.69) is 5.16 Å². The molecule has 0 aromatic heterocycles. The first-order chi connectivity index (χ1) is 11.6. The lowest BCUT2D eigenvalue weighted by Crippen LogP contribution is -2.45. The van der Waals surface area contributed by atoms with E-state index in [1.165, 1.54) is 13.0 Å². The highest BCUT2D eigenvalue weighted by molar-refractivity contribution is 7.92. The molecule has 0 saturated carbocycles. The Hall–Kier alpha value is -2.22. The largest absolute Gasteiger partial charge is 0.480 e. The highest BCUT2D eigenvalue weighted by Gasteiger charge is 2.47. The number of allylic oxidation sites excluding steroid dienone is 1. The van der Waals surface area contributed by atoms with Gasteiger partial charge in [-0.2, -0.15) is 0 Å². The van der Waals surface area contributed by atoms with E-state index < -0.39 is 26.7 Å². The topological polar surface area (TPSA) is 93.0 Å². The summed E-state index contributed by atoms with van der Waals surface area (Å²) in [4.78, 5) is 16.7. The number of carbonyl (C=O) groups is 1. The third-order valence-electron chi connectivity index (χ3n) is 4.37. The van der Waals surface area contributed by atoms with Crippen LogP contribution in [0.3, 0.4) is 0 Å². The molecule has 0 unspecified atom stereocenters. The second kappa shape index (κ2) is 6.95. The molecule has 0 spiro atoms. The number of carboxylic acids is 1. The van der Waals surface area contributed by atoms with E-state index in [1.807, 2.05) is 0 Å². The minimum absolute atomic E-state index is 0.209. The minimum Gasteiger partial charge on any atom is -0.480 e. The van der Waals surface area contributed by atoms with Gasteiger partial charge in [0.25, 0.3) is 0 Å². The first-order valence-electron chi connectivity index (χ1n) is 7.67. The zero-order chi connectivity index (χ0) is 18.8. The number of nitrogens with zero attached hydrogens (tertiary/aromatic N) is 1. The molecule has 1 aliphatic rings. The van der Waals surface area contributed by atoms with Gasteiger partial charge in [-0.05, 0) is 19.4 Å². The van der Waals surface area contributed by atoms with Gasteiger partial charge < -0.3 is 9.94 Å². The van der Waals surface area contributed by atoms with Crippen molar-refractivity contribution in [2.75, 3.05) is 6.26 Å². The van der Waals surface area contributed by atoms with Crippen molar-refractivity contribution in [3.63, 3.8) is 0 Å². The fourth-order valence-electron chi connectivity index (χ4n) is 2.53. The summed E-state index contributed by atoms with van der Waals surface area (Å²) >= 11 is 0. The van der Waals surface area contributed by atoms with Crippen LogP contribution in [0.4, 0.5) is 4.39 Å². The summed E-state index contributed by atoms with van der Waals surface area (Å²) in [6, 6.07) is 6.60. The van der Waals surface area contributed by atoms with Crippen LogP contribution in [-0.4, -0.2) is 42.3 Å².